The van der Waals surface area contributed by atoms with Crippen molar-refractivity contribution < 1.29 is 9.26 Å². The highest BCUT2D eigenvalue weighted by atomic mass is 35.5. The summed E-state index contributed by atoms with van der Waals surface area (Å²) in [6.45, 7) is 3.00. The number of aromatic nitrogens is 2. The molecule has 5 nitrogen and oxygen atoms in total. The van der Waals surface area contributed by atoms with E-state index in [0.717, 1.165) is 13.1 Å². The molecule has 1 saturated heterocycles. The maximum Gasteiger partial charge on any atom is 0.324 e. The lowest BCUT2D eigenvalue weighted by molar-refractivity contribution is 0.119. The average Bonchev–Trinajstić information content (AvgIpc) is 2.67. The monoisotopic (exact) mass is 203 g/mol. The number of halogens is 1. The van der Waals surface area contributed by atoms with Gasteiger partial charge < -0.3 is 14.2 Å². The summed E-state index contributed by atoms with van der Waals surface area (Å²) < 4.78 is 10.2. The van der Waals surface area contributed by atoms with Crippen LogP contribution in [0.3, 0.4) is 0 Å². The summed E-state index contributed by atoms with van der Waals surface area (Å²) in [5.74, 6) is 0.816. The molecule has 1 aliphatic rings. The third-order valence-electron chi connectivity index (χ3n) is 1.86. The lowest BCUT2D eigenvalue weighted by atomic mass is 10.4. The number of ether oxygens (including phenoxy) is 1. The van der Waals surface area contributed by atoms with Gasteiger partial charge in [-0.25, -0.2) is 0 Å². The molecule has 1 aromatic rings. The van der Waals surface area contributed by atoms with Crippen molar-refractivity contribution in [3.63, 3.8) is 0 Å². The first-order chi connectivity index (χ1) is 6.40. The van der Waals surface area contributed by atoms with Gasteiger partial charge in [0.05, 0.1) is 19.1 Å². The fourth-order valence-electron chi connectivity index (χ4n) is 1.18. The molecule has 0 spiro atoms. The zero-order valence-electron chi connectivity index (χ0n) is 7.07. The molecule has 0 amide bonds. The maximum absolute atomic E-state index is 5.55. The molecule has 2 rings (SSSR count). The number of anilines is 1. The van der Waals surface area contributed by atoms with Crippen LogP contribution >= 0.6 is 11.6 Å². The van der Waals surface area contributed by atoms with Crippen LogP contribution in [-0.4, -0.2) is 36.4 Å². The van der Waals surface area contributed by atoms with Crippen LogP contribution in [0.25, 0.3) is 0 Å². The van der Waals surface area contributed by atoms with Crippen LogP contribution in [0.4, 0.5) is 6.01 Å². The Morgan fingerprint density at radius 3 is 2.77 bits per heavy atom. The van der Waals surface area contributed by atoms with Gasteiger partial charge >= 0.3 is 6.01 Å². The molecule has 0 radical (unpaired) electrons. The van der Waals surface area contributed by atoms with Gasteiger partial charge in [-0.1, -0.05) is 5.16 Å². The van der Waals surface area contributed by atoms with Crippen molar-refractivity contribution in [3.05, 3.63) is 5.82 Å². The molecule has 0 saturated carbocycles. The lowest BCUT2D eigenvalue weighted by Crippen LogP contribution is -2.36. The minimum atomic E-state index is 0.286. The summed E-state index contributed by atoms with van der Waals surface area (Å²) in [4.78, 5) is 6.11. The highest BCUT2D eigenvalue weighted by Crippen LogP contribution is 2.13. The molecule has 72 valence electrons. The Bertz CT molecular complexity index is 272. The number of morpholine rings is 1. The second-order valence-corrected chi connectivity index (χ2v) is 2.99. The summed E-state index contributed by atoms with van der Waals surface area (Å²) in [6.07, 6.45) is 0. The number of hydrogen-bond donors (Lipinski definition) is 0. The van der Waals surface area contributed by atoms with E-state index in [2.05, 4.69) is 10.1 Å². The van der Waals surface area contributed by atoms with Crippen LogP contribution in [0.15, 0.2) is 4.52 Å². The van der Waals surface area contributed by atoms with Crippen LogP contribution in [0, 0.1) is 0 Å². The molecule has 2 heterocycles. The molecular weight excluding hydrogens is 194 g/mol. The predicted octanol–water partition coefficient (Wildman–Crippen LogP) is 0.645. The Labute approximate surface area is 80.6 Å². The van der Waals surface area contributed by atoms with E-state index >= 15 is 0 Å². The van der Waals surface area contributed by atoms with Gasteiger partial charge in [-0.15, -0.1) is 11.6 Å². The molecule has 0 atom stereocenters. The first-order valence-corrected chi connectivity index (χ1v) is 4.65. The SMILES string of the molecule is ClCc1noc(N2CCOCC2)n1. The fourth-order valence-corrected chi connectivity index (χ4v) is 1.29. The van der Waals surface area contributed by atoms with Crippen LogP contribution in [0.5, 0.6) is 0 Å². The fraction of sp³-hybridized carbons (Fsp3) is 0.714. The van der Waals surface area contributed by atoms with Crippen LogP contribution < -0.4 is 4.90 Å². The van der Waals surface area contributed by atoms with Gasteiger partial charge in [0, 0.05) is 13.1 Å². The highest BCUT2D eigenvalue weighted by molar-refractivity contribution is 6.16. The van der Waals surface area contributed by atoms with Crippen LogP contribution in [-0.2, 0) is 10.6 Å². The normalized spacial score (nSPS) is 17.8. The van der Waals surface area contributed by atoms with Crippen molar-refractivity contribution in [2.75, 3.05) is 31.2 Å². The van der Waals surface area contributed by atoms with E-state index in [4.69, 9.17) is 20.9 Å². The standard InChI is InChI=1S/C7H10ClN3O2/c8-5-6-9-7(13-10-6)11-1-3-12-4-2-11/h1-5H2. The van der Waals surface area contributed by atoms with Gasteiger partial charge in [-0.2, -0.15) is 4.98 Å². The molecule has 1 fully saturated rings. The number of nitrogens with zero attached hydrogens (tertiary/aromatic N) is 3. The van der Waals surface area contributed by atoms with E-state index in [9.17, 15) is 0 Å². The second-order valence-electron chi connectivity index (χ2n) is 2.73. The molecule has 0 aromatic carbocycles. The molecule has 0 unspecified atom stereocenters. The van der Waals surface area contributed by atoms with Gasteiger partial charge in [0.1, 0.15) is 0 Å². The number of hydrogen-bond acceptors (Lipinski definition) is 5. The van der Waals surface area contributed by atoms with Crippen LogP contribution in [0.1, 0.15) is 5.82 Å². The summed E-state index contributed by atoms with van der Waals surface area (Å²) in [5, 5.41) is 3.71. The summed E-state index contributed by atoms with van der Waals surface area (Å²) in [6, 6.07) is 0.541. The Kier molecular flexibility index (Phi) is 2.65. The Morgan fingerprint density at radius 2 is 2.15 bits per heavy atom. The number of alkyl halides is 1. The smallest absolute Gasteiger partial charge is 0.324 e. The topological polar surface area (TPSA) is 51.4 Å². The van der Waals surface area contributed by atoms with Gasteiger partial charge in [-0.3, -0.25) is 0 Å². The number of rotatable bonds is 2. The molecule has 6 heteroatoms. The average molecular weight is 204 g/mol. The van der Waals surface area contributed by atoms with Crippen molar-refractivity contribution in [2.45, 2.75) is 5.88 Å². The third-order valence-corrected chi connectivity index (χ3v) is 2.10. The van der Waals surface area contributed by atoms with E-state index < -0.39 is 0 Å². The van der Waals surface area contributed by atoms with E-state index in [1.807, 2.05) is 4.90 Å². The first-order valence-electron chi connectivity index (χ1n) is 4.11. The second kappa shape index (κ2) is 3.93. The van der Waals surface area contributed by atoms with E-state index in [0.29, 0.717) is 25.1 Å². The van der Waals surface area contributed by atoms with Gasteiger partial charge in [0.2, 0.25) is 0 Å². The Hall–Kier alpha value is -0.810. The molecule has 1 aliphatic heterocycles. The van der Waals surface area contributed by atoms with Gasteiger partial charge in [0.15, 0.2) is 5.82 Å². The highest BCUT2D eigenvalue weighted by Gasteiger charge is 2.16. The summed E-state index contributed by atoms with van der Waals surface area (Å²) in [7, 11) is 0. The van der Waals surface area contributed by atoms with E-state index in [-0.39, 0.29) is 5.88 Å². The van der Waals surface area contributed by atoms with Crippen LogP contribution in [0.2, 0.25) is 0 Å². The molecule has 0 aliphatic carbocycles. The minimum absolute atomic E-state index is 0.286. The van der Waals surface area contributed by atoms with Crippen molar-refractivity contribution >= 4 is 17.6 Å². The van der Waals surface area contributed by atoms with E-state index in [1.54, 1.807) is 0 Å². The van der Waals surface area contributed by atoms with Crippen molar-refractivity contribution in [1.82, 2.24) is 10.1 Å². The molecule has 1 aromatic heterocycles. The lowest BCUT2D eigenvalue weighted by Gasteiger charge is -2.24. The summed E-state index contributed by atoms with van der Waals surface area (Å²) in [5.41, 5.74) is 0. The molecule has 0 bridgehead atoms. The first kappa shape index (κ1) is 8.77. The predicted molar refractivity (Wildman–Crippen MR) is 46.9 cm³/mol. The maximum atomic E-state index is 5.55. The van der Waals surface area contributed by atoms with E-state index in [1.165, 1.54) is 0 Å². The zero-order chi connectivity index (χ0) is 9.10. The van der Waals surface area contributed by atoms with Crippen molar-refractivity contribution in [1.29, 1.82) is 0 Å². The Balaban J connectivity index is 2.05. The zero-order valence-corrected chi connectivity index (χ0v) is 7.83. The summed E-state index contributed by atoms with van der Waals surface area (Å²) >= 11 is 5.55. The minimum Gasteiger partial charge on any atom is -0.378 e. The third kappa shape index (κ3) is 1.92. The van der Waals surface area contributed by atoms with Gasteiger partial charge in [0.25, 0.3) is 0 Å². The molecule has 0 N–H and O–H groups in total. The molecular formula is C7H10ClN3O2. The van der Waals surface area contributed by atoms with Crippen molar-refractivity contribution in [2.24, 2.45) is 0 Å². The van der Waals surface area contributed by atoms with Gasteiger partial charge in [-0.05, 0) is 0 Å². The largest absolute Gasteiger partial charge is 0.378 e. The Morgan fingerprint density at radius 1 is 1.38 bits per heavy atom. The molecule has 13 heavy (non-hydrogen) atoms. The van der Waals surface area contributed by atoms with Crippen molar-refractivity contribution in [3.8, 4) is 0 Å². The quantitative estimate of drug-likeness (QED) is 0.661.